The van der Waals surface area contributed by atoms with Gasteiger partial charge in [0.25, 0.3) is 11.8 Å². The molecule has 0 bridgehead atoms. The number of hydrogen-bond donors (Lipinski definition) is 2. The van der Waals surface area contributed by atoms with Crippen LogP contribution in [-0.2, 0) is 4.79 Å². The normalized spacial score (nSPS) is 14.1. The van der Waals surface area contributed by atoms with E-state index in [-0.39, 0.29) is 17.3 Å². The van der Waals surface area contributed by atoms with Crippen LogP contribution in [0.3, 0.4) is 0 Å². The number of benzene rings is 2. The Labute approximate surface area is 194 Å². The van der Waals surface area contributed by atoms with E-state index in [1.807, 2.05) is 4.90 Å². The first-order chi connectivity index (χ1) is 16.4. The molecule has 1 aliphatic heterocycles. The summed E-state index contributed by atoms with van der Waals surface area (Å²) in [6.45, 7) is 1.64. The van der Waals surface area contributed by atoms with Gasteiger partial charge in [-0.25, -0.2) is 24.2 Å². The highest BCUT2D eigenvalue weighted by atomic mass is 19.1. The van der Waals surface area contributed by atoms with Crippen LogP contribution in [0.4, 0.5) is 14.7 Å². The maximum atomic E-state index is 13.9. The van der Waals surface area contributed by atoms with Gasteiger partial charge < -0.3 is 9.80 Å². The third kappa shape index (κ3) is 5.24. The number of nitrogens with one attached hydrogen (secondary N) is 1. The average molecular weight is 465 g/mol. The van der Waals surface area contributed by atoms with Crippen LogP contribution in [0, 0.1) is 11.6 Å². The van der Waals surface area contributed by atoms with Crippen LogP contribution in [-0.4, -0.2) is 58.1 Å². The highest BCUT2D eigenvalue weighted by Crippen LogP contribution is 2.23. The molecule has 2 aromatic carbocycles. The molecule has 2 heterocycles. The van der Waals surface area contributed by atoms with E-state index in [2.05, 4.69) is 9.97 Å². The zero-order valence-corrected chi connectivity index (χ0v) is 18.0. The molecule has 2 amide bonds. The van der Waals surface area contributed by atoms with Gasteiger partial charge in [-0.3, -0.25) is 14.8 Å². The number of rotatable bonds is 5. The fraction of sp³-hybridized carbons (Fsp3) is 0.167. The summed E-state index contributed by atoms with van der Waals surface area (Å²) < 4.78 is 27.2. The molecule has 3 aromatic rings. The average Bonchev–Trinajstić information content (AvgIpc) is 2.87. The largest absolute Gasteiger partial charge is 0.337 e. The van der Waals surface area contributed by atoms with E-state index in [1.54, 1.807) is 29.2 Å². The van der Waals surface area contributed by atoms with E-state index >= 15 is 0 Å². The zero-order chi connectivity index (χ0) is 24.1. The SMILES string of the molecule is O=C(NO)c1cnc(N2CCN(C(=O)/C(=C/c3ccc(F)cc3)c3cccc(F)c3)CC2)nc1. The second kappa shape index (κ2) is 10.2. The van der Waals surface area contributed by atoms with E-state index < -0.39 is 11.7 Å². The fourth-order valence-electron chi connectivity index (χ4n) is 3.60. The number of halogens is 2. The second-order valence-corrected chi connectivity index (χ2v) is 7.61. The monoisotopic (exact) mass is 465 g/mol. The van der Waals surface area contributed by atoms with Gasteiger partial charge in [0.05, 0.1) is 5.56 Å². The van der Waals surface area contributed by atoms with Gasteiger partial charge in [0.2, 0.25) is 5.95 Å². The first kappa shape index (κ1) is 23.0. The molecule has 0 spiro atoms. The number of piperazine rings is 1. The Bertz CT molecular complexity index is 1210. The molecule has 174 valence electrons. The van der Waals surface area contributed by atoms with E-state index in [0.29, 0.717) is 48.8 Å². The number of amides is 2. The first-order valence-electron chi connectivity index (χ1n) is 10.5. The van der Waals surface area contributed by atoms with Gasteiger partial charge in [0, 0.05) is 44.1 Å². The van der Waals surface area contributed by atoms with Crippen LogP contribution in [0.25, 0.3) is 11.6 Å². The predicted octanol–water partition coefficient (Wildman–Crippen LogP) is 2.76. The summed E-state index contributed by atoms with van der Waals surface area (Å²) in [5, 5.41) is 8.69. The predicted molar refractivity (Wildman–Crippen MR) is 121 cm³/mol. The minimum atomic E-state index is -0.709. The van der Waals surface area contributed by atoms with Crippen LogP contribution >= 0.6 is 0 Å². The number of nitrogens with zero attached hydrogens (tertiary/aromatic N) is 4. The molecule has 0 atom stereocenters. The van der Waals surface area contributed by atoms with Gasteiger partial charge in [-0.1, -0.05) is 24.3 Å². The van der Waals surface area contributed by atoms with Gasteiger partial charge in [-0.05, 0) is 41.5 Å². The van der Waals surface area contributed by atoms with Crippen molar-refractivity contribution < 1.29 is 23.6 Å². The second-order valence-electron chi connectivity index (χ2n) is 7.61. The number of hydrogen-bond acceptors (Lipinski definition) is 6. The molecule has 1 aliphatic rings. The Morgan fingerprint density at radius 2 is 1.59 bits per heavy atom. The molecule has 0 saturated carbocycles. The molecule has 34 heavy (non-hydrogen) atoms. The van der Waals surface area contributed by atoms with Crippen LogP contribution < -0.4 is 10.4 Å². The molecular weight excluding hydrogens is 444 g/mol. The fourth-order valence-corrected chi connectivity index (χ4v) is 3.60. The van der Waals surface area contributed by atoms with Gasteiger partial charge in [-0.15, -0.1) is 0 Å². The van der Waals surface area contributed by atoms with Gasteiger partial charge in [0.1, 0.15) is 11.6 Å². The molecule has 1 saturated heterocycles. The maximum absolute atomic E-state index is 13.9. The summed E-state index contributed by atoms with van der Waals surface area (Å²) in [5.41, 5.74) is 2.99. The van der Waals surface area contributed by atoms with Crippen molar-refractivity contribution >= 4 is 29.4 Å². The highest BCUT2D eigenvalue weighted by Gasteiger charge is 2.26. The third-order valence-electron chi connectivity index (χ3n) is 5.40. The lowest BCUT2D eigenvalue weighted by atomic mass is 10.0. The van der Waals surface area contributed by atoms with Gasteiger partial charge in [-0.2, -0.15) is 0 Å². The molecule has 2 N–H and O–H groups in total. The lowest BCUT2D eigenvalue weighted by Crippen LogP contribution is -2.49. The Kier molecular flexibility index (Phi) is 6.88. The van der Waals surface area contributed by atoms with Crippen LogP contribution in [0.1, 0.15) is 21.5 Å². The van der Waals surface area contributed by atoms with E-state index in [1.165, 1.54) is 48.2 Å². The zero-order valence-electron chi connectivity index (χ0n) is 18.0. The Morgan fingerprint density at radius 1 is 0.912 bits per heavy atom. The lowest BCUT2D eigenvalue weighted by Gasteiger charge is -2.35. The van der Waals surface area contributed by atoms with Crippen LogP contribution in [0.5, 0.6) is 0 Å². The summed E-state index contributed by atoms with van der Waals surface area (Å²) in [6.07, 6.45) is 4.23. The summed E-state index contributed by atoms with van der Waals surface area (Å²) in [6, 6.07) is 11.5. The Hall–Kier alpha value is -4.18. The minimum Gasteiger partial charge on any atom is -0.337 e. The molecular formula is C24H21F2N5O3. The smallest absolute Gasteiger partial charge is 0.277 e. The van der Waals surface area contributed by atoms with Crippen molar-refractivity contribution in [1.29, 1.82) is 0 Å². The van der Waals surface area contributed by atoms with Crippen molar-refractivity contribution in [3.8, 4) is 0 Å². The van der Waals surface area contributed by atoms with Crippen molar-refractivity contribution in [2.45, 2.75) is 0 Å². The summed E-state index contributed by atoms with van der Waals surface area (Å²) in [5.74, 6) is -1.44. The molecule has 8 nitrogen and oxygen atoms in total. The highest BCUT2D eigenvalue weighted by molar-refractivity contribution is 6.24. The number of aromatic nitrogens is 2. The molecule has 0 radical (unpaired) electrons. The molecule has 0 unspecified atom stereocenters. The Morgan fingerprint density at radius 3 is 2.21 bits per heavy atom. The number of carbonyl (C=O) groups excluding carboxylic acids is 2. The van der Waals surface area contributed by atoms with E-state index in [4.69, 9.17) is 5.21 Å². The summed E-state index contributed by atoms with van der Waals surface area (Å²) in [7, 11) is 0. The molecule has 4 rings (SSSR count). The quantitative estimate of drug-likeness (QED) is 0.260. The van der Waals surface area contributed by atoms with E-state index in [9.17, 15) is 18.4 Å². The van der Waals surface area contributed by atoms with Gasteiger partial charge in [0.15, 0.2) is 0 Å². The topological polar surface area (TPSA) is 98.7 Å². The standard InChI is InChI=1S/C24H21F2N5O3/c25-19-6-4-16(5-7-19)12-21(17-2-1-3-20(26)13-17)23(33)30-8-10-31(11-9-30)24-27-14-18(15-28-24)22(32)29-34/h1-7,12-15,34H,8-11H2,(H,29,32)/b21-12+. The summed E-state index contributed by atoms with van der Waals surface area (Å²) >= 11 is 0. The first-order valence-corrected chi connectivity index (χ1v) is 10.5. The number of hydroxylamine groups is 1. The number of anilines is 1. The van der Waals surface area contributed by atoms with Crippen molar-refractivity contribution in [3.63, 3.8) is 0 Å². The van der Waals surface area contributed by atoms with Crippen molar-refractivity contribution in [1.82, 2.24) is 20.3 Å². The third-order valence-corrected chi connectivity index (χ3v) is 5.40. The van der Waals surface area contributed by atoms with E-state index in [0.717, 1.165) is 0 Å². The Balaban J connectivity index is 1.51. The van der Waals surface area contributed by atoms with Crippen LogP contribution in [0.2, 0.25) is 0 Å². The molecule has 1 aromatic heterocycles. The van der Waals surface area contributed by atoms with Crippen molar-refractivity contribution in [2.75, 3.05) is 31.1 Å². The summed E-state index contributed by atoms with van der Waals surface area (Å²) in [4.78, 5) is 36.7. The molecule has 10 heteroatoms. The molecule has 0 aliphatic carbocycles. The molecule has 1 fully saturated rings. The number of carbonyl (C=O) groups is 2. The maximum Gasteiger partial charge on any atom is 0.277 e. The minimum absolute atomic E-state index is 0.116. The van der Waals surface area contributed by atoms with Gasteiger partial charge >= 0.3 is 0 Å². The van der Waals surface area contributed by atoms with Crippen LogP contribution in [0.15, 0.2) is 60.9 Å². The van der Waals surface area contributed by atoms with Crippen molar-refractivity contribution in [3.05, 3.63) is 89.2 Å². The van der Waals surface area contributed by atoms with Crippen molar-refractivity contribution in [2.24, 2.45) is 0 Å². The lowest BCUT2D eigenvalue weighted by molar-refractivity contribution is -0.125.